The first-order valence-corrected chi connectivity index (χ1v) is 9.67. The Bertz CT molecular complexity index is 528. The van der Waals surface area contributed by atoms with Crippen LogP contribution in [-0.2, 0) is 9.59 Å². The van der Waals surface area contributed by atoms with Gasteiger partial charge in [0, 0.05) is 36.0 Å². The molecule has 0 aromatic rings. The maximum absolute atomic E-state index is 13.0. The summed E-state index contributed by atoms with van der Waals surface area (Å²) >= 11 is 0. The van der Waals surface area contributed by atoms with Crippen LogP contribution in [0.4, 0.5) is 0 Å². The van der Waals surface area contributed by atoms with E-state index >= 15 is 0 Å². The molecule has 3 rings (SSSR count). The summed E-state index contributed by atoms with van der Waals surface area (Å²) in [5.41, 5.74) is -0.368. The molecule has 0 radical (unpaired) electrons. The van der Waals surface area contributed by atoms with Gasteiger partial charge in [-0.2, -0.15) is 0 Å². The number of hydrogen-bond acceptors (Lipinski definition) is 2. The average molecular weight is 335 g/mol. The molecule has 2 aliphatic heterocycles. The van der Waals surface area contributed by atoms with Crippen molar-refractivity contribution in [2.45, 2.75) is 78.7 Å². The van der Waals surface area contributed by atoms with Crippen LogP contribution in [0.5, 0.6) is 0 Å². The number of rotatable bonds is 3. The van der Waals surface area contributed by atoms with Crippen molar-refractivity contribution < 1.29 is 9.59 Å². The van der Waals surface area contributed by atoms with E-state index in [1.807, 2.05) is 25.7 Å². The molecule has 4 heteroatoms. The minimum absolute atomic E-state index is 0.246. The van der Waals surface area contributed by atoms with Crippen molar-refractivity contribution >= 4 is 11.8 Å². The summed E-state index contributed by atoms with van der Waals surface area (Å²) in [7, 11) is 0. The molecule has 4 nitrogen and oxygen atoms in total. The van der Waals surface area contributed by atoms with E-state index in [0.29, 0.717) is 11.8 Å². The van der Waals surface area contributed by atoms with Gasteiger partial charge in [-0.25, -0.2) is 0 Å². The third-order valence-corrected chi connectivity index (χ3v) is 6.27. The zero-order valence-electron chi connectivity index (χ0n) is 16.2. The molecule has 1 aliphatic carbocycles. The van der Waals surface area contributed by atoms with Crippen molar-refractivity contribution in [2.75, 3.05) is 19.6 Å². The van der Waals surface area contributed by atoms with Crippen LogP contribution in [0.25, 0.3) is 0 Å². The predicted octanol–water partition coefficient (Wildman–Crippen LogP) is 3.45. The molecule has 24 heavy (non-hydrogen) atoms. The van der Waals surface area contributed by atoms with E-state index in [1.165, 1.54) is 19.3 Å². The van der Waals surface area contributed by atoms with Gasteiger partial charge in [0.15, 0.2) is 0 Å². The molecule has 2 amide bonds. The summed E-state index contributed by atoms with van der Waals surface area (Å²) in [6.45, 7) is 12.8. The third-order valence-electron chi connectivity index (χ3n) is 6.27. The second-order valence-corrected chi connectivity index (χ2v) is 10.0. The molecule has 0 aromatic carbocycles. The molecule has 1 saturated carbocycles. The highest BCUT2D eigenvalue weighted by molar-refractivity contribution is 5.84. The van der Waals surface area contributed by atoms with Gasteiger partial charge in [-0.15, -0.1) is 0 Å². The van der Waals surface area contributed by atoms with Crippen LogP contribution < -0.4 is 0 Å². The summed E-state index contributed by atoms with van der Waals surface area (Å²) in [6.07, 6.45) is 6.69. The van der Waals surface area contributed by atoms with Gasteiger partial charge in [0.25, 0.3) is 0 Å². The number of likely N-dealkylation sites (tertiary alicyclic amines) is 2. The Morgan fingerprint density at radius 1 is 1.00 bits per heavy atom. The molecule has 1 spiro atoms. The van der Waals surface area contributed by atoms with Gasteiger partial charge in [-0.3, -0.25) is 9.59 Å². The molecule has 1 atom stereocenters. The summed E-state index contributed by atoms with van der Waals surface area (Å²) in [4.78, 5) is 29.7. The maximum Gasteiger partial charge on any atom is 0.228 e. The van der Waals surface area contributed by atoms with Gasteiger partial charge < -0.3 is 9.80 Å². The molecule has 136 valence electrons. The lowest BCUT2D eigenvalue weighted by Gasteiger charge is -2.47. The van der Waals surface area contributed by atoms with Gasteiger partial charge in [0.2, 0.25) is 11.8 Å². The van der Waals surface area contributed by atoms with Gasteiger partial charge >= 0.3 is 0 Å². The van der Waals surface area contributed by atoms with Crippen molar-refractivity contribution in [1.29, 1.82) is 0 Å². The smallest absolute Gasteiger partial charge is 0.228 e. The lowest BCUT2D eigenvalue weighted by atomic mass is 9.77. The molecule has 3 aliphatic rings. The molecule has 3 fully saturated rings. The fourth-order valence-electron chi connectivity index (χ4n) is 4.59. The van der Waals surface area contributed by atoms with Crippen LogP contribution >= 0.6 is 0 Å². The number of piperidine rings is 1. The Hall–Kier alpha value is -1.06. The van der Waals surface area contributed by atoms with Crippen LogP contribution in [0, 0.1) is 16.7 Å². The van der Waals surface area contributed by atoms with Crippen molar-refractivity contribution in [1.82, 2.24) is 9.80 Å². The molecular formula is C20H34N2O2. The first kappa shape index (κ1) is 17.8. The van der Waals surface area contributed by atoms with E-state index < -0.39 is 0 Å². The van der Waals surface area contributed by atoms with Crippen molar-refractivity contribution in [2.24, 2.45) is 16.7 Å². The van der Waals surface area contributed by atoms with E-state index in [9.17, 15) is 9.59 Å². The lowest BCUT2D eigenvalue weighted by molar-refractivity contribution is -0.151. The second kappa shape index (κ2) is 5.74. The van der Waals surface area contributed by atoms with Crippen LogP contribution in [0.3, 0.4) is 0 Å². The van der Waals surface area contributed by atoms with Crippen molar-refractivity contribution in [3.8, 4) is 0 Å². The number of carbonyl (C=O) groups excluding carboxylic acids is 2. The maximum atomic E-state index is 13.0. The summed E-state index contributed by atoms with van der Waals surface area (Å²) in [6, 6.07) is 0. The fraction of sp³-hybridized carbons (Fsp3) is 0.900. The SMILES string of the molecule is CC(C)(C)C(=O)N1CCCC(CC(C)(C)C(=O)N2CCC23CC3)C1. The highest BCUT2D eigenvalue weighted by Crippen LogP contribution is 2.53. The predicted molar refractivity (Wildman–Crippen MR) is 95.5 cm³/mol. The zero-order chi connectivity index (χ0) is 17.8. The van der Waals surface area contributed by atoms with E-state index in [0.717, 1.165) is 38.9 Å². The Morgan fingerprint density at radius 2 is 1.67 bits per heavy atom. The number of nitrogens with zero attached hydrogens (tertiary/aromatic N) is 2. The largest absolute Gasteiger partial charge is 0.342 e. The van der Waals surface area contributed by atoms with E-state index in [2.05, 4.69) is 18.7 Å². The first-order chi connectivity index (χ1) is 11.1. The van der Waals surface area contributed by atoms with Crippen molar-refractivity contribution in [3.63, 3.8) is 0 Å². The number of hydrogen-bond donors (Lipinski definition) is 0. The zero-order valence-corrected chi connectivity index (χ0v) is 16.2. The Balaban J connectivity index is 1.60. The molecule has 2 saturated heterocycles. The van der Waals surface area contributed by atoms with E-state index in [-0.39, 0.29) is 22.3 Å². The van der Waals surface area contributed by atoms with Crippen LogP contribution in [-0.4, -0.2) is 46.8 Å². The normalized spacial score (nSPS) is 26.3. The highest BCUT2D eigenvalue weighted by Gasteiger charge is 2.58. The van der Waals surface area contributed by atoms with Crippen LogP contribution in [0.15, 0.2) is 0 Å². The monoisotopic (exact) mass is 334 g/mol. The Kier molecular flexibility index (Phi) is 4.25. The first-order valence-electron chi connectivity index (χ1n) is 9.67. The van der Waals surface area contributed by atoms with Crippen molar-refractivity contribution in [3.05, 3.63) is 0 Å². The van der Waals surface area contributed by atoms with Gasteiger partial charge in [0.1, 0.15) is 0 Å². The summed E-state index contributed by atoms with van der Waals surface area (Å²) < 4.78 is 0. The van der Waals surface area contributed by atoms with E-state index in [1.54, 1.807) is 0 Å². The minimum Gasteiger partial charge on any atom is -0.342 e. The molecular weight excluding hydrogens is 300 g/mol. The molecule has 0 bridgehead atoms. The molecule has 0 N–H and O–H groups in total. The standard InChI is InChI=1S/C20H34N2O2/c1-18(2,3)16(23)21-11-6-7-15(14-21)13-19(4,5)17(24)22-12-10-20(22)8-9-20/h15H,6-14H2,1-5H3. The van der Waals surface area contributed by atoms with Crippen LogP contribution in [0.1, 0.15) is 73.1 Å². The molecule has 0 aromatic heterocycles. The quantitative estimate of drug-likeness (QED) is 0.793. The van der Waals surface area contributed by atoms with E-state index in [4.69, 9.17) is 0 Å². The topological polar surface area (TPSA) is 40.6 Å². The van der Waals surface area contributed by atoms with Gasteiger partial charge in [-0.1, -0.05) is 34.6 Å². The second-order valence-electron chi connectivity index (χ2n) is 10.0. The minimum atomic E-state index is -0.316. The molecule has 1 unspecified atom stereocenters. The highest BCUT2D eigenvalue weighted by atomic mass is 16.2. The number of carbonyl (C=O) groups is 2. The molecule has 2 heterocycles. The van der Waals surface area contributed by atoms with Gasteiger partial charge in [-0.05, 0) is 44.4 Å². The summed E-state index contributed by atoms with van der Waals surface area (Å²) in [5.74, 6) is 1.03. The fourth-order valence-corrected chi connectivity index (χ4v) is 4.59. The number of amides is 2. The summed E-state index contributed by atoms with van der Waals surface area (Å²) in [5, 5.41) is 0. The average Bonchev–Trinajstić information content (AvgIpc) is 3.26. The van der Waals surface area contributed by atoms with Gasteiger partial charge in [0.05, 0.1) is 0 Å². The third kappa shape index (κ3) is 3.21. The Labute approximate surface area is 146 Å². The Morgan fingerprint density at radius 3 is 2.17 bits per heavy atom. The lowest BCUT2D eigenvalue weighted by Crippen LogP contribution is -2.57. The van der Waals surface area contributed by atoms with Crippen LogP contribution in [0.2, 0.25) is 0 Å².